The Kier molecular flexibility index (Phi) is 5.73. The number of hydrogen-bond acceptors (Lipinski definition) is 8. The summed E-state index contributed by atoms with van der Waals surface area (Å²) in [6.07, 6.45) is 3.66. The molecule has 0 atom stereocenters. The number of aromatic nitrogens is 4. The molecule has 2 aromatic heterocycles. The summed E-state index contributed by atoms with van der Waals surface area (Å²) < 4.78 is 2.86. The molecule has 38 heavy (non-hydrogen) atoms. The second kappa shape index (κ2) is 8.88. The number of anilines is 3. The van der Waals surface area contributed by atoms with Crippen molar-refractivity contribution in [2.75, 3.05) is 22.7 Å². The first-order chi connectivity index (χ1) is 18.3. The maximum Gasteiger partial charge on any atom is 0.261 e. The number of para-hydroxylation sites is 1. The Hall–Kier alpha value is -3.83. The SMILES string of the molecule is CSc1nc2c(c(=O)n1C)C1(C(=O)N(Cc3ccccc3)c3ccccc31)c1c(nc(SC)n(C)c1=O)N2. The lowest BCUT2D eigenvalue weighted by Gasteiger charge is -2.35. The number of nitrogens with one attached hydrogen (secondary N) is 1. The second-order valence-electron chi connectivity index (χ2n) is 9.14. The molecule has 0 saturated carbocycles. The largest absolute Gasteiger partial charge is 0.324 e. The summed E-state index contributed by atoms with van der Waals surface area (Å²) in [6.45, 7) is 0.282. The van der Waals surface area contributed by atoms with E-state index in [9.17, 15) is 14.4 Å². The first kappa shape index (κ1) is 24.5. The second-order valence-corrected chi connectivity index (χ2v) is 10.7. The Bertz CT molecular complexity index is 1680. The minimum absolute atomic E-state index is 0.133. The minimum Gasteiger partial charge on any atom is -0.324 e. The highest BCUT2D eigenvalue weighted by molar-refractivity contribution is 7.98. The molecule has 0 unspecified atom stereocenters. The summed E-state index contributed by atoms with van der Waals surface area (Å²) in [7, 11) is 3.26. The molecule has 0 aliphatic carbocycles. The number of benzene rings is 2. The van der Waals surface area contributed by atoms with Crippen molar-refractivity contribution in [3.63, 3.8) is 0 Å². The molecule has 4 heterocycles. The highest BCUT2D eigenvalue weighted by atomic mass is 32.2. The summed E-state index contributed by atoms with van der Waals surface area (Å²) in [6, 6.07) is 17.0. The van der Waals surface area contributed by atoms with Crippen molar-refractivity contribution in [1.82, 2.24) is 19.1 Å². The van der Waals surface area contributed by atoms with Crippen LogP contribution in [0, 0.1) is 0 Å². The third kappa shape index (κ3) is 3.18. The Morgan fingerprint density at radius 3 is 1.87 bits per heavy atom. The maximum atomic E-state index is 14.8. The predicted octanol–water partition coefficient (Wildman–Crippen LogP) is 3.26. The van der Waals surface area contributed by atoms with E-state index in [1.54, 1.807) is 19.0 Å². The average molecular weight is 545 g/mol. The van der Waals surface area contributed by atoms with Gasteiger partial charge in [0.15, 0.2) is 10.3 Å². The zero-order valence-corrected chi connectivity index (χ0v) is 22.8. The van der Waals surface area contributed by atoms with Crippen LogP contribution in [0.15, 0.2) is 74.5 Å². The quantitative estimate of drug-likeness (QED) is 0.309. The van der Waals surface area contributed by atoms with Crippen molar-refractivity contribution in [2.45, 2.75) is 22.3 Å². The molecule has 1 spiro atoms. The van der Waals surface area contributed by atoms with Gasteiger partial charge in [-0.05, 0) is 24.1 Å². The van der Waals surface area contributed by atoms with Crippen LogP contribution in [-0.4, -0.2) is 37.5 Å². The number of carbonyl (C=O) groups excluding carboxylic acids is 1. The van der Waals surface area contributed by atoms with Gasteiger partial charge in [0.05, 0.1) is 17.7 Å². The van der Waals surface area contributed by atoms with Crippen LogP contribution in [0.3, 0.4) is 0 Å². The Morgan fingerprint density at radius 1 is 0.789 bits per heavy atom. The molecule has 2 aromatic carbocycles. The van der Waals surface area contributed by atoms with E-state index in [-0.39, 0.29) is 35.2 Å². The first-order valence-electron chi connectivity index (χ1n) is 11.9. The first-order valence-corrected chi connectivity index (χ1v) is 14.3. The predicted molar refractivity (Wildman–Crippen MR) is 150 cm³/mol. The molecule has 2 aliphatic heterocycles. The van der Waals surface area contributed by atoms with E-state index in [1.165, 1.54) is 32.7 Å². The van der Waals surface area contributed by atoms with Crippen LogP contribution in [0.25, 0.3) is 0 Å². The highest BCUT2D eigenvalue weighted by Crippen LogP contribution is 2.54. The lowest BCUT2D eigenvalue weighted by atomic mass is 9.69. The fourth-order valence-corrected chi connectivity index (χ4v) is 6.56. The van der Waals surface area contributed by atoms with Crippen LogP contribution >= 0.6 is 23.5 Å². The topological polar surface area (TPSA) is 102 Å². The molecule has 0 fully saturated rings. The third-order valence-electron chi connectivity index (χ3n) is 7.20. The van der Waals surface area contributed by atoms with Gasteiger partial charge >= 0.3 is 0 Å². The number of amides is 1. The van der Waals surface area contributed by atoms with E-state index in [2.05, 4.69) is 5.32 Å². The van der Waals surface area contributed by atoms with Gasteiger partial charge in [-0.3, -0.25) is 23.5 Å². The molecule has 1 N–H and O–H groups in total. The smallest absolute Gasteiger partial charge is 0.261 e. The van der Waals surface area contributed by atoms with Crippen molar-refractivity contribution in [2.24, 2.45) is 14.1 Å². The number of nitrogens with zero attached hydrogens (tertiary/aromatic N) is 5. The van der Waals surface area contributed by atoms with Gasteiger partial charge in [-0.25, -0.2) is 9.97 Å². The third-order valence-corrected chi connectivity index (χ3v) is 8.66. The van der Waals surface area contributed by atoms with E-state index in [1.807, 2.05) is 67.1 Å². The monoisotopic (exact) mass is 544 g/mol. The lowest BCUT2D eigenvalue weighted by molar-refractivity contribution is -0.120. The molecule has 11 heteroatoms. The van der Waals surface area contributed by atoms with E-state index in [4.69, 9.17) is 9.97 Å². The number of rotatable bonds is 4. The fourth-order valence-electron chi connectivity index (χ4n) is 5.48. The molecule has 9 nitrogen and oxygen atoms in total. The molecular weight excluding hydrogens is 520 g/mol. The normalized spacial score (nSPS) is 14.7. The molecule has 0 saturated heterocycles. The van der Waals surface area contributed by atoms with Crippen molar-refractivity contribution in [3.8, 4) is 0 Å². The molecule has 0 radical (unpaired) electrons. The Balaban J connectivity index is 1.75. The zero-order chi connectivity index (χ0) is 26.8. The maximum absolute atomic E-state index is 14.8. The van der Waals surface area contributed by atoms with E-state index >= 15 is 0 Å². The fraction of sp³-hybridized carbons (Fsp3) is 0.222. The molecule has 0 bridgehead atoms. The molecule has 1 amide bonds. The number of hydrogen-bond donors (Lipinski definition) is 1. The van der Waals surface area contributed by atoms with Crippen molar-refractivity contribution < 1.29 is 4.79 Å². The molecule has 4 aromatic rings. The summed E-state index contributed by atoms with van der Waals surface area (Å²) in [5.41, 5.74) is -0.0864. The van der Waals surface area contributed by atoms with Gasteiger partial charge in [0, 0.05) is 25.3 Å². The van der Waals surface area contributed by atoms with Crippen LogP contribution in [0.4, 0.5) is 17.3 Å². The van der Waals surface area contributed by atoms with Gasteiger partial charge in [-0.2, -0.15) is 0 Å². The van der Waals surface area contributed by atoms with Crippen LogP contribution in [-0.2, 0) is 30.8 Å². The van der Waals surface area contributed by atoms with Crippen LogP contribution in [0.2, 0.25) is 0 Å². The number of thioether (sulfide) groups is 2. The lowest BCUT2D eigenvalue weighted by Crippen LogP contribution is -2.52. The van der Waals surface area contributed by atoms with Crippen molar-refractivity contribution >= 4 is 46.8 Å². The van der Waals surface area contributed by atoms with Crippen molar-refractivity contribution in [1.29, 1.82) is 0 Å². The summed E-state index contributed by atoms with van der Waals surface area (Å²) in [4.78, 5) is 54.1. The molecule has 192 valence electrons. The van der Waals surface area contributed by atoms with Gasteiger partial charge in [0.2, 0.25) is 5.91 Å². The van der Waals surface area contributed by atoms with Crippen LogP contribution < -0.4 is 21.3 Å². The van der Waals surface area contributed by atoms with Gasteiger partial charge < -0.3 is 10.2 Å². The summed E-state index contributed by atoms with van der Waals surface area (Å²) in [5, 5.41) is 4.11. The molecule has 6 rings (SSSR count). The summed E-state index contributed by atoms with van der Waals surface area (Å²) in [5.74, 6) is 0.100. The molecular formula is C27H24N6O3S2. The van der Waals surface area contributed by atoms with Gasteiger partial charge in [0.25, 0.3) is 11.1 Å². The van der Waals surface area contributed by atoms with E-state index in [0.717, 1.165) is 5.56 Å². The van der Waals surface area contributed by atoms with E-state index in [0.29, 0.717) is 21.6 Å². The standard InChI is InChI=1S/C27H24N6O3S2/c1-31-22(34)18-20(29-25(31)37-3)28-21-19(23(35)32(2)26(30-21)38-4)27(18)16-12-8-9-13-17(16)33(24(27)36)14-15-10-6-5-7-11-15/h5-13,28H,14H2,1-4H3. The molecule has 2 aliphatic rings. The van der Waals surface area contributed by atoms with Gasteiger partial charge in [0.1, 0.15) is 17.1 Å². The summed E-state index contributed by atoms with van der Waals surface area (Å²) >= 11 is 2.65. The average Bonchev–Trinajstić information content (AvgIpc) is 3.16. The van der Waals surface area contributed by atoms with Crippen LogP contribution in [0.5, 0.6) is 0 Å². The van der Waals surface area contributed by atoms with Crippen LogP contribution in [0.1, 0.15) is 22.3 Å². The van der Waals surface area contributed by atoms with Gasteiger partial charge in [-0.1, -0.05) is 72.1 Å². The highest BCUT2D eigenvalue weighted by Gasteiger charge is 2.60. The Labute approximate surface area is 226 Å². The van der Waals surface area contributed by atoms with Crippen molar-refractivity contribution in [3.05, 3.63) is 97.6 Å². The van der Waals surface area contributed by atoms with Gasteiger partial charge in [-0.15, -0.1) is 0 Å². The number of carbonyl (C=O) groups is 1. The Morgan fingerprint density at radius 2 is 1.32 bits per heavy atom. The number of fused-ring (bicyclic) bond motifs is 6. The zero-order valence-electron chi connectivity index (χ0n) is 21.2. The minimum atomic E-state index is -1.71. The van der Waals surface area contributed by atoms with E-state index < -0.39 is 16.5 Å².